The third-order valence-electron chi connectivity index (χ3n) is 4.83. The normalized spacial score (nSPS) is 11.0. The van der Waals surface area contributed by atoms with E-state index in [-0.39, 0.29) is 6.09 Å². The van der Waals surface area contributed by atoms with Crippen molar-refractivity contribution in [3.05, 3.63) is 83.1 Å². The van der Waals surface area contributed by atoms with Crippen LogP contribution >= 0.6 is 0 Å². The van der Waals surface area contributed by atoms with Crippen LogP contribution in [-0.2, 0) is 17.8 Å². The van der Waals surface area contributed by atoms with Crippen molar-refractivity contribution >= 4 is 18.2 Å². The number of rotatable bonds is 10. The lowest BCUT2D eigenvalue weighted by Gasteiger charge is -2.10. The molecule has 0 radical (unpaired) electrons. The Morgan fingerprint density at radius 1 is 1.03 bits per heavy atom. The third-order valence-corrected chi connectivity index (χ3v) is 4.83. The average Bonchev–Trinajstić information content (AvgIpc) is 3.25. The molecule has 6 heteroatoms. The first-order valence-corrected chi connectivity index (χ1v) is 10.7. The number of carbonyl (C=O) groups is 1. The van der Waals surface area contributed by atoms with Gasteiger partial charge in [-0.15, -0.1) is 0 Å². The first kappa shape index (κ1) is 23.1. The highest BCUT2D eigenvalue weighted by Gasteiger charge is 2.05. The fraction of sp³-hybridized carbons (Fsp3) is 0.308. The molecular formula is C26H30N2O4. The molecule has 0 fully saturated rings. The lowest BCUT2D eigenvalue weighted by atomic mass is 10.1. The number of unbranched alkanes of at least 4 members (excludes halogenated alkanes) is 1. The van der Waals surface area contributed by atoms with Crippen molar-refractivity contribution in [1.29, 1.82) is 0 Å². The number of amides is 1. The number of aromatic nitrogens is 1. The Bertz CT molecular complexity index is 1010. The van der Waals surface area contributed by atoms with Crippen LogP contribution in [0.4, 0.5) is 4.79 Å². The molecule has 32 heavy (non-hydrogen) atoms. The molecule has 0 aliphatic heterocycles. The van der Waals surface area contributed by atoms with Crippen molar-refractivity contribution in [3.63, 3.8) is 0 Å². The maximum Gasteiger partial charge on any atom is 0.409 e. The Morgan fingerprint density at radius 3 is 2.50 bits per heavy atom. The average molecular weight is 435 g/mol. The molecule has 0 saturated carbocycles. The third kappa shape index (κ3) is 7.61. The maximum atomic E-state index is 11.4. The SMILES string of the molecule is Cc1ccc(/C=C/c2nc(COc3ccc(CCCCOC(=O)N(C)C)cc3)co2)cc1. The summed E-state index contributed by atoms with van der Waals surface area (Å²) in [4.78, 5) is 17.2. The molecule has 0 aliphatic carbocycles. The molecule has 3 aromatic rings. The van der Waals surface area contributed by atoms with Crippen LogP contribution < -0.4 is 4.74 Å². The summed E-state index contributed by atoms with van der Waals surface area (Å²) in [5, 5.41) is 0. The monoisotopic (exact) mass is 434 g/mol. The van der Waals surface area contributed by atoms with Gasteiger partial charge in [0, 0.05) is 20.2 Å². The summed E-state index contributed by atoms with van der Waals surface area (Å²) >= 11 is 0. The van der Waals surface area contributed by atoms with Gasteiger partial charge in [-0.25, -0.2) is 9.78 Å². The zero-order valence-electron chi connectivity index (χ0n) is 18.9. The molecule has 0 saturated heterocycles. The molecule has 168 valence electrons. The van der Waals surface area contributed by atoms with Crippen LogP contribution in [-0.4, -0.2) is 36.7 Å². The van der Waals surface area contributed by atoms with Gasteiger partial charge in [0.15, 0.2) is 0 Å². The molecule has 3 rings (SSSR count). The predicted octanol–water partition coefficient (Wildman–Crippen LogP) is 5.75. The van der Waals surface area contributed by atoms with E-state index >= 15 is 0 Å². The topological polar surface area (TPSA) is 64.8 Å². The number of carbonyl (C=O) groups excluding carboxylic acids is 1. The van der Waals surface area contributed by atoms with Crippen molar-refractivity contribution < 1.29 is 18.7 Å². The number of ether oxygens (including phenoxy) is 2. The Hall–Kier alpha value is -3.54. The number of hydrogen-bond acceptors (Lipinski definition) is 5. The molecule has 6 nitrogen and oxygen atoms in total. The molecule has 1 amide bonds. The van der Waals surface area contributed by atoms with Crippen LogP contribution in [0.2, 0.25) is 0 Å². The van der Waals surface area contributed by atoms with Crippen LogP contribution in [0.1, 0.15) is 41.1 Å². The van der Waals surface area contributed by atoms with Crippen LogP contribution in [0.15, 0.2) is 59.2 Å². The van der Waals surface area contributed by atoms with E-state index in [2.05, 4.69) is 48.3 Å². The molecule has 0 unspecified atom stereocenters. The lowest BCUT2D eigenvalue weighted by molar-refractivity contribution is 0.116. The Morgan fingerprint density at radius 2 is 1.78 bits per heavy atom. The maximum absolute atomic E-state index is 11.4. The molecule has 2 aromatic carbocycles. The van der Waals surface area contributed by atoms with Gasteiger partial charge in [-0.05, 0) is 55.5 Å². The summed E-state index contributed by atoms with van der Waals surface area (Å²) in [6, 6.07) is 16.3. The van der Waals surface area contributed by atoms with Crippen molar-refractivity contribution in [2.24, 2.45) is 0 Å². The summed E-state index contributed by atoms with van der Waals surface area (Å²) in [5.74, 6) is 1.34. The van der Waals surface area contributed by atoms with E-state index in [1.54, 1.807) is 20.4 Å². The summed E-state index contributed by atoms with van der Waals surface area (Å²) in [7, 11) is 3.36. The van der Waals surface area contributed by atoms with Crippen molar-refractivity contribution in [2.45, 2.75) is 32.8 Å². The lowest BCUT2D eigenvalue weighted by Crippen LogP contribution is -2.23. The summed E-state index contributed by atoms with van der Waals surface area (Å²) < 4.78 is 16.4. The van der Waals surface area contributed by atoms with Gasteiger partial charge in [-0.3, -0.25) is 0 Å². The number of aryl methyl sites for hydroxylation is 2. The van der Waals surface area contributed by atoms with E-state index in [1.807, 2.05) is 24.3 Å². The van der Waals surface area contributed by atoms with Crippen LogP contribution in [0, 0.1) is 6.92 Å². The number of benzene rings is 2. The molecule has 0 spiro atoms. The van der Waals surface area contributed by atoms with Gasteiger partial charge in [-0.1, -0.05) is 42.0 Å². The zero-order valence-corrected chi connectivity index (χ0v) is 18.9. The van der Waals surface area contributed by atoms with E-state index in [4.69, 9.17) is 13.9 Å². The van der Waals surface area contributed by atoms with E-state index in [1.165, 1.54) is 16.0 Å². The van der Waals surface area contributed by atoms with Gasteiger partial charge in [0.05, 0.1) is 6.61 Å². The number of oxazole rings is 1. The quantitative estimate of drug-likeness (QED) is 0.380. The minimum Gasteiger partial charge on any atom is -0.487 e. The highest BCUT2D eigenvalue weighted by Crippen LogP contribution is 2.16. The standard InChI is InChI=1S/C26H30N2O4/c1-20-7-9-22(10-8-20)13-16-25-27-23(19-32-25)18-31-24-14-11-21(12-15-24)6-4-5-17-30-26(29)28(2)3/h7-16,19H,4-6,17-18H2,1-3H3/b16-13+. The highest BCUT2D eigenvalue weighted by atomic mass is 16.6. The Labute approximate surface area is 189 Å². The van der Waals surface area contributed by atoms with Gasteiger partial charge in [0.25, 0.3) is 0 Å². The van der Waals surface area contributed by atoms with Gasteiger partial charge < -0.3 is 18.8 Å². The van der Waals surface area contributed by atoms with Crippen LogP contribution in [0.5, 0.6) is 5.75 Å². The second-order valence-corrected chi connectivity index (χ2v) is 7.82. The number of nitrogens with zero attached hydrogens (tertiary/aromatic N) is 2. The van der Waals surface area contributed by atoms with Crippen molar-refractivity contribution in [3.8, 4) is 5.75 Å². The first-order chi connectivity index (χ1) is 15.5. The van der Waals surface area contributed by atoms with Gasteiger partial charge in [-0.2, -0.15) is 0 Å². The summed E-state index contributed by atoms with van der Waals surface area (Å²) in [5.41, 5.74) is 4.29. The predicted molar refractivity (Wildman–Crippen MR) is 125 cm³/mol. The minimum atomic E-state index is -0.298. The first-order valence-electron chi connectivity index (χ1n) is 10.7. The van der Waals surface area contributed by atoms with E-state index in [9.17, 15) is 4.79 Å². The fourth-order valence-corrected chi connectivity index (χ4v) is 2.94. The second-order valence-electron chi connectivity index (χ2n) is 7.82. The van der Waals surface area contributed by atoms with Crippen LogP contribution in [0.3, 0.4) is 0 Å². The van der Waals surface area contributed by atoms with Gasteiger partial charge in [0.2, 0.25) is 5.89 Å². The zero-order chi connectivity index (χ0) is 22.8. The molecule has 0 bridgehead atoms. The Balaban J connectivity index is 1.39. The van der Waals surface area contributed by atoms with E-state index in [0.29, 0.717) is 19.1 Å². The van der Waals surface area contributed by atoms with Gasteiger partial charge >= 0.3 is 6.09 Å². The van der Waals surface area contributed by atoms with E-state index in [0.717, 1.165) is 36.3 Å². The van der Waals surface area contributed by atoms with Gasteiger partial charge in [0.1, 0.15) is 24.3 Å². The molecule has 0 atom stereocenters. The molecule has 1 aromatic heterocycles. The molecule has 1 heterocycles. The van der Waals surface area contributed by atoms with Crippen molar-refractivity contribution in [2.75, 3.05) is 20.7 Å². The summed E-state index contributed by atoms with van der Waals surface area (Å²) in [6.45, 7) is 2.85. The Kier molecular flexibility index (Phi) is 8.49. The smallest absolute Gasteiger partial charge is 0.409 e. The fourth-order valence-electron chi connectivity index (χ4n) is 2.94. The largest absolute Gasteiger partial charge is 0.487 e. The summed E-state index contributed by atoms with van der Waals surface area (Å²) in [6.07, 6.45) is 7.87. The molecule has 0 aliphatic rings. The van der Waals surface area contributed by atoms with Crippen molar-refractivity contribution in [1.82, 2.24) is 9.88 Å². The van der Waals surface area contributed by atoms with E-state index < -0.39 is 0 Å². The minimum absolute atomic E-state index is 0.298. The highest BCUT2D eigenvalue weighted by molar-refractivity contribution is 5.66. The van der Waals surface area contributed by atoms with Crippen LogP contribution in [0.25, 0.3) is 12.2 Å². The molecule has 0 N–H and O–H groups in total. The number of hydrogen-bond donors (Lipinski definition) is 0. The molecular weight excluding hydrogens is 404 g/mol. The second kappa shape index (κ2) is 11.7.